The maximum absolute atomic E-state index is 3.94. The van der Waals surface area contributed by atoms with Gasteiger partial charge in [-0.1, -0.05) is 46.1 Å². The Kier molecular flexibility index (Phi) is 7.74. The molecule has 0 saturated heterocycles. The van der Waals surface area contributed by atoms with Crippen LogP contribution in [0.5, 0.6) is 0 Å². The molecule has 0 saturated carbocycles. The summed E-state index contributed by atoms with van der Waals surface area (Å²) < 4.78 is 0. The Bertz CT molecular complexity index is 192. The van der Waals surface area contributed by atoms with Crippen LogP contribution in [0.4, 0.5) is 0 Å². The van der Waals surface area contributed by atoms with Crippen LogP contribution in [0.1, 0.15) is 66.7 Å². The molecule has 0 spiro atoms. The molecule has 0 radical (unpaired) electrons. The van der Waals surface area contributed by atoms with E-state index in [9.17, 15) is 0 Å². The predicted octanol–water partition coefficient (Wildman–Crippen LogP) is 4.54. The minimum absolute atomic E-state index is 0.438. The van der Waals surface area contributed by atoms with Gasteiger partial charge in [0.1, 0.15) is 0 Å². The van der Waals surface area contributed by atoms with Crippen LogP contribution in [0.3, 0.4) is 0 Å². The summed E-state index contributed by atoms with van der Waals surface area (Å²) in [6, 6.07) is 0.600. The monoisotopic (exact) mass is 225 g/mol. The Morgan fingerprint density at radius 2 is 1.81 bits per heavy atom. The third-order valence-electron chi connectivity index (χ3n) is 2.95. The summed E-state index contributed by atoms with van der Waals surface area (Å²) in [5.41, 5.74) is 1.76. The molecule has 0 rings (SSSR count). The zero-order valence-corrected chi connectivity index (χ0v) is 12.0. The molecule has 0 bridgehead atoms. The number of hydrogen-bond acceptors (Lipinski definition) is 1. The van der Waals surface area contributed by atoms with E-state index >= 15 is 0 Å². The van der Waals surface area contributed by atoms with E-state index in [1.54, 1.807) is 0 Å². The molecule has 0 aliphatic heterocycles. The molecule has 0 aromatic carbocycles. The lowest BCUT2D eigenvalue weighted by atomic mass is 9.86. The van der Waals surface area contributed by atoms with Crippen LogP contribution in [0, 0.1) is 5.41 Å². The quantitative estimate of drug-likeness (QED) is 0.449. The molecule has 1 nitrogen and oxygen atoms in total. The van der Waals surface area contributed by atoms with Crippen molar-refractivity contribution in [2.45, 2.75) is 72.8 Å². The van der Waals surface area contributed by atoms with Gasteiger partial charge in [0.05, 0.1) is 0 Å². The zero-order valence-electron chi connectivity index (χ0n) is 12.0. The average Bonchev–Trinajstić information content (AvgIpc) is 2.14. The van der Waals surface area contributed by atoms with Gasteiger partial charge in [-0.2, -0.15) is 0 Å². The van der Waals surface area contributed by atoms with E-state index in [4.69, 9.17) is 0 Å². The lowest BCUT2D eigenvalue weighted by Gasteiger charge is -2.26. The molecule has 0 amide bonds. The molecule has 0 heterocycles. The average molecular weight is 225 g/mol. The number of allylic oxidation sites excluding steroid dienone is 1. The van der Waals surface area contributed by atoms with Crippen LogP contribution in [-0.4, -0.2) is 12.6 Å². The molecule has 16 heavy (non-hydrogen) atoms. The molecule has 0 unspecified atom stereocenters. The van der Waals surface area contributed by atoms with Crippen LogP contribution in [0.15, 0.2) is 12.2 Å². The molecule has 1 N–H and O–H groups in total. The number of rotatable bonds is 9. The molecule has 0 atom stereocenters. The van der Waals surface area contributed by atoms with Gasteiger partial charge in [0.25, 0.3) is 0 Å². The maximum Gasteiger partial charge on any atom is 0.00106 e. The summed E-state index contributed by atoms with van der Waals surface area (Å²) in [5.74, 6) is 0. The summed E-state index contributed by atoms with van der Waals surface area (Å²) in [5, 5.41) is 3.53. The van der Waals surface area contributed by atoms with Gasteiger partial charge >= 0.3 is 0 Å². The summed E-state index contributed by atoms with van der Waals surface area (Å²) in [6.07, 6.45) is 6.52. The minimum Gasteiger partial charge on any atom is -0.314 e. The third kappa shape index (κ3) is 10.2. The highest BCUT2D eigenvalue weighted by Gasteiger charge is 2.16. The van der Waals surface area contributed by atoms with Gasteiger partial charge in [-0.25, -0.2) is 0 Å². The normalized spacial score (nSPS) is 12.1. The molecular weight excluding hydrogens is 194 g/mol. The van der Waals surface area contributed by atoms with Crippen LogP contribution in [-0.2, 0) is 0 Å². The highest BCUT2D eigenvalue weighted by Crippen LogP contribution is 2.23. The number of unbranched alkanes of at least 4 members (excludes halogenated alkanes) is 2. The first-order valence-electron chi connectivity index (χ1n) is 6.71. The number of hydrogen-bond donors (Lipinski definition) is 1. The first kappa shape index (κ1) is 15.7. The molecule has 0 aromatic rings. The SMILES string of the molecule is C=C(C)CCCCCC(C)(C)CNC(C)C. The topological polar surface area (TPSA) is 12.0 Å². The molecule has 0 aliphatic rings. The molecule has 0 aliphatic carbocycles. The van der Waals surface area contributed by atoms with Gasteiger partial charge < -0.3 is 5.32 Å². The fourth-order valence-corrected chi connectivity index (χ4v) is 1.78. The third-order valence-corrected chi connectivity index (χ3v) is 2.95. The minimum atomic E-state index is 0.438. The predicted molar refractivity (Wildman–Crippen MR) is 74.8 cm³/mol. The fraction of sp³-hybridized carbons (Fsp3) is 0.867. The standard InChI is InChI=1S/C15H31N/c1-13(2)10-8-7-9-11-15(5,6)12-16-14(3)4/h14,16H,1,7-12H2,2-6H3. The van der Waals surface area contributed by atoms with Gasteiger partial charge in [0.2, 0.25) is 0 Å². The molecule has 96 valence electrons. The second kappa shape index (κ2) is 7.89. The van der Waals surface area contributed by atoms with E-state index < -0.39 is 0 Å². The van der Waals surface area contributed by atoms with Crippen molar-refractivity contribution >= 4 is 0 Å². The first-order chi connectivity index (χ1) is 7.33. The Balaban J connectivity index is 3.53. The van der Waals surface area contributed by atoms with Crippen LogP contribution >= 0.6 is 0 Å². The Labute approximate surface area is 103 Å². The van der Waals surface area contributed by atoms with Crippen LogP contribution in [0.25, 0.3) is 0 Å². The van der Waals surface area contributed by atoms with Crippen molar-refractivity contribution in [1.29, 1.82) is 0 Å². The van der Waals surface area contributed by atoms with Gasteiger partial charge in [-0.3, -0.25) is 0 Å². The largest absolute Gasteiger partial charge is 0.314 e. The Hall–Kier alpha value is -0.300. The molecule has 0 aromatic heterocycles. The van der Waals surface area contributed by atoms with E-state index in [0.717, 1.165) is 6.54 Å². The van der Waals surface area contributed by atoms with Crippen molar-refractivity contribution in [2.24, 2.45) is 5.41 Å². The van der Waals surface area contributed by atoms with Crippen LogP contribution < -0.4 is 5.32 Å². The summed E-state index contributed by atoms with van der Waals surface area (Å²) in [4.78, 5) is 0. The second-order valence-corrected chi connectivity index (χ2v) is 6.22. The summed E-state index contributed by atoms with van der Waals surface area (Å²) >= 11 is 0. The van der Waals surface area contributed by atoms with E-state index in [1.165, 1.54) is 37.7 Å². The zero-order chi connectivity index (χ0) is 12.6. The number of nitrogens with one attached hydrogen (secondary N) is 1. The highest BCUT2D eigenvalue weighted by atomic mass is 14.9. The van der Waals surface area contributed by atoms with E-state index in [-0.39, 0.29) is 0 Å². The van der Waals surface area contributed by atoms with Gasteiger partial charge in [-0.05, 0) is 31.6 Å². The van der Waals surface area contributed by atoms with Crippen molar-refractivity contribution in [3.05, 3.63) is 12.2 Å². The van der Waals surface area contributed by atoms with E-state index in [0.29, 0.717) is 11.5 Å². The smallest absolute Gasteiger partial charge is 0.00106 e. The first-order valence-corrected chi connectivity index (χ1v) is 6.71. The van der Waals surface area contributed by atoms with Crippen molar-refractivity contribution in [1.82, 2.24) is 5.32 Å². The Morgan fingerprint density at radius 3 is 2.31 bits per heavy atom. The Morgan fingerprint density at radius 1 is 1.19 bits per heavy atom. The van der Waals surface area contributed by atoms with Gasteiger partial charge in [-0.15, -0.1) is 6.58 Å². The lowest BCUT2D eigenvalue weighted by molar-refractivity contribution is 0.292. The lowest BCUT2D eigenvalue weighted by Crippen LogP contribution is -2.33. The maximum atomic E-state index is 3.94. The second-order valence-electron chi connectivity index (χ2n) is 6.22. The van der Waals surface area contributed by atoms with Gasteiger partial charge in [0.15, 0.2) is 0 Å². The fourth-order valence-electron chi connectivity index (χ4n) is 1.78. The molecule has 0 fully saturated rings. The van der Waals surface area contributed by atoms with Crippen molar-refractivity contribution in [3.63, 3.8) is 0 Å². The van der Waals surface area contributed by atoms with Crippen molar-refractivity contribution in [3.8, 4) is 0 Å². The molecule has 1 heteroatoms. The van der Waals surface area contributed by atoms with E-state index in [2.05, 4.69) is 46.5 Å². The van der Waals surface area contributed by atoms with Gasteiger partial charge in [0, 0.05) is 12.6 Å². The van der Waals surface area contributed by atoms with Crippen molar-refractivity contribution < 1.29 is 0 Å². The summed E-state index contributed by atoms with van der Waals surface area (Å²) in [6.45, 7) is 16.3. The highest BCUT2D eigenvalue weighted by molar-refractivity contribution is 4.87. The van der Waals surface area contributed by atoms with Crippen molar-refractivity contribution in [2.75, 3.05) is 6.54 Å². The summed E-state index contributed by atoms with van der Waals surface area (Å²) in [7, 11) is 0. The molecular formula is C15H31N. The van der Waals surface area contributed by atoms with E-state index in [1.807, 2.05) is 0 Å². The van der Waals surface area contributed by atoms with Crippen LogP contribution in [0.2, 0.25) is 0 Å².